The molecule has 0 radical (unpaired) electrons. The molecular formula is C13H26N2. The topological polar surface area (TPSA) is 6.48 Å². The molecule has 0 amide bonds. The summed E-state index contributed by atoms with van der Waals surface area (Å²) in [5.74, 6) is 0. The number of hydrogen-bond acceptors (Lipinski definition) is 2. The van der Waals surface area contributed by atoms with Gasteiger partial charge in [0.25, 0.3) is 0 Å². The van der Waals surface area contributed by atoms with Crippen molar-refractivity contribution < 1.29 is 0 Å². The third-order valence-corrected chi connectivity index (χ3v) is 4.58. The maximum atomic E-state index is 2.74. The van der Waals surface area contributed by atoms with Crippen molar-refractivity contribution in [1.82, 2.24) is 9.80 Å². The summed E-state index contributed by atoms with van der Waals surface area (Å²) in [4.78, 5) is 5.44. The molecule has 2 unspecified atom stereocenters. The summed E-state index contributed by atoms with van der Waals surface area (Å²) in [5.41, 5.74) is 0.383. The first kappa shape index (κ1) is 11.4. The first-order chi connectivity index (χ1) is 7.04. The molecule has 2 aliphatic heterocycles. The van der Waals surface area contributed by atoms with Crippen molar-refractivity contribution in [3.05, 3.63) is 0 Å². The highest BCUT2D eigenvalue weighted by Crippen LogP contribution is 2.30. The second-order valence-electron chi connectivity index (χ2n) is 5.96. The summed E-state index contributed by atoms with van der Waals surface area (Å²) >= 11 is 0. The van der Waals surface area contributed by atoms with Crippen LogP contribution in [-0.2, 0) is 0 Å². The van der Waals surface area contributed by atoms with Gasteiger partial charge in [-0.25, -0.2) is 0 Å². The van der Waals surface area contributed by atoms with Gasteiger partial charge < -0.3 is 0 Å². The SMILES string of the molecule is CCC(C)(C)N1CC2CCCN2CC1C. The van der Waals surface area contributed by atoms with Crippen LogP contribution < -0.4 is 0 Å². The van der Waals surface area contributed by atoms with Gasteiger partial charge in [0.15, 0.2) is 0 Å². The number of piperazine rings is 1. The van der Waals surface area contributed by atoms with Crippen LogP contribution in [0.15, 0.2) is 0 Å². The number of fused-ring (bicyclic) bond motifs is 1. The van der Waals surface area contributed by atoms with Gasteiger partial charge in [-0.05, 0) is 46.6 Å². The van der Waals surface area contributed by atoms with E-state index in [2.05, 4.69) is 37.5 Å². The lowest BCUT2D eigenvalue weighted by Crippen LogP contribution is -2.61. The van der Waals surface area contributed by atoms with Crippen molar-refractivity contribution in [2.75, 3.05) is 19.6 Å². The summed E-state index contributed by atoms with van der Waals surface area (Å²) in [6.45, 7) is 13.4. The molecule has 2 aliphatic rings. The zero-order valence-corrected chi connectivity index (χ0v) is 10.8. The van der Waals surface area contributed by atoms with Crippen LogP contribution in [0.2, 0.25) is 0 Å². The molecule has 0 aromatic carbocycles. The normalized spacial score (nSPS) is 34.4. The van der Waals surface area contributed by atoms with Crippen LogP contribution in [0.3, 0.4) is 0 Å². The molecule has 0 spiro atoms. The number of rotatable bonds is 2. The van der Waals surface area contributed by atoms with Crippen molar-refractivity contribution in [3.8, 4) is 0 Å². The number of nitrogens with zero attached hydrogens (tertiary/aromatic N) is 2. The molecule has 2 rings (SSSR count). The third-order valence-electron chi connectivity index (χ3n) is 4.58. The lowest BCUT2D eigenvalue weighted by molar-refractivity contribution is -0.00987. The average Bonchev–Trinajstić information content (AvgIpc) is 2.63. The van der Waals surface area contributed by atoms with Crippen molar-refractivity contribution in [3.63, 3.8) is 0 Å². The number of hydrogen-bond donors (Lipinski definition) is 0. The second-order valence-corrected chi connectivity index (χ2v) is 5.96. The van der Waals surface area contributed by atoms with E-state index in [9.17, 15) is 0 Å². The van der Waals surface area contributed by atoms with Gasteiger partial charge >= 0.3 is 0 Å². The standard InChI is InChI=1S/C13H26N2/c1-5-13(3,4)15-10-12-7-6-8-14(12)9-11(15)2/h11-12H,5-10H2,1-4H3. The quantitative estimate of drug-likeness (QED) is 0.690. The Balaban J connectivity index is 2.07. The van der Waals surface area contributed by atoms with Crippen molar-refractivity contribution in [2.45, 2.75) is 64.6 Å². The smallest absolute Gasteiger partial charge is 0.0224 e. The van der Waals surface area contributed by atoms with Crippen molar-refractivity contribution in [2.24, 2.45) is 0 Å². The fourth-order valence-electron chi connectivity index (χ4n) is 3.23. The van der Waals surface area contributed by atoms with E-state index in [0.29, 0.717) is 5.54 Å². The van der Waals surface area contributed by atoms with Crippen LogP contribution in [0.1, 0.15) is 47.0 Å². The van der Waals surface area contributed by atoms with E-state index in [-0.39, 0.29) is 0 Å². The lowest BCUT2D eigenvalue weighted by atomic mass is 9.94. The zero-order chi connectivity index (χ0) is 11.1. The molecule has 0 saturated carbocycles. The van der Waals surface area contributed by atoms with Crippen LogP contribution in [0, 0.1) is 0 Å². The molecule has 88 valence electrons. The molecule has 0 aromatic rings. The maximum Gasteiger partial charge on any atom is 0.0224 e. The Labute approximate surface area is 94.6 Å². The maximum absolute atomic E-state index is 2.74. The van der Waals surface area contributed by atoms with E-state index in [4.69, 9.17) is 0 Å². The first-order valence-electron chi connectivity index (χ1n) is 6.55. The van der Waals surface area contributed by atoms with Gasteiger partial charge in [0.1, 0.15) is 0 Å². The second kappa shape index (κ2) is 4.06. The van der Waals surface area contributed by atoms with Gasteiger partial charge in [-0.1, -0.05) is 6.92 Å². The Morgan fingerprint density at radius 3 is 2.67 bits per heavy atom. The van der Waals surface area contributed by atoms with Gasteiger partial charge in [0.05, 0.1) is 0 Å². The Kier molecular flexibility index (Phi) is 3.09. The lowest BCUT2D eigenvalue weighted by Gasteiger charge is -2.49. The van der Waals surface area contributed by atoms with E-state index >= 15 is 0 Å². The Morgan fingerprint density at radius 2 is 2.00 bits per heavy atom. The van der Waals surface area contributed by atoms with E-state index in [1.165, 1.54) is 38.9 Å². The summed E-state index contributed by atoms with van der Waals surface area (Å²) in [6, 6.07) is 1.58. The van der Waals surface area contributed by atoms with E-state index < -0.39 is 0 Å². The highest BCUT2D eigenvalue weighted by Gasteiger charge is 2.39. The fourth-order valence-corrected chi connectivity index (χ4v) is 3.23. The predicted molar refractivity (Wildman–Crippen MR) is 65.1 cm³/mol. The van der Waals surface area contributed by atoms with Gasteiger partial charge in [-0.15, -0.1) is 0 Å². The van der Waals surface area contributed by atoms with Crippen LogP contribution in [0.4, 0.5) is 0 Å². The third kappa shape index (κ3) is 2.07. The van der Waals surface area contributed by atoms with Gasteiger partial charge in [0, 0.05) is 30.7 Å². The largest absolute Gasteiger partial charge is 0.298 e. The molecular weight excluding hydrogens is 184 g/mol. The monoisotopic (exact) mass is 210 g/mol. The fraction of sp³-hybridized carbons (Fsp3) is 1.00. The van der Waals surface area contributed by atoms with Gasteiger partial charge in [0.2, 0.25) is 0 Å². The average molecular weight is 210 g/mol. The molecule has 2 saturated heterocycles. The summed E-state index contributed by atoms with van der Waals surface area (Å²) in [6.07, 6.45) is 4.09. The molecule has 2 heterocycles. The van der Waals surface area contributed by atoms with Crippen molar-refractivity contribution in [1.29, 1.82) is 0 Å². The minimum Gasteiger partial charge on any atom is -0.298 e. The van der Waals surface area contributed by atoms with Crippen LogP contribution in [0.5, 0.6) is 0 Å². The minimum absolute atomic E-state index is 0.383. The molecule has 0 N–H and O–H groups in total. The molecule has 0 aliphatic carbocycles. The summed E-state index contributed by atoms with van der Waals surface area (Å²) in [7, 11) is 0. The summed E-state index contributed by atoms with van der Waals surface area (Å²) in [5, 5.41) is 0. The molecule has 2 atom stereocenters. The molecule has 15 heavy (non-hydrogen) atoms. The first-order valence-corrected chi connectivity index (χ1v) is 6.55. The van der Waals surface area contributed by atoms with Crippen LogP contribution in [-0.4, -0.2) is 47.1 Å². The van der Waals surface area contributed by atoms with E-state index in [1.807, 2.05) is 0 Å². The molecule has 0 aromatic heterocycles. The summed E-state index contributed by atoms with van der Waals surface area (Å²) < 4.78 is 0. The van der Waals surface area contributed by atoms with Crippen molar-refractivity contribution >= 4 is 0 Å². The molecule has 2 heteroatoms. The molecule has 0 bridgehead atoms. The van der Waals surface area contributed by atoms with Gasteiger partial charge in [-0.3, -0.25) is 9.80 Å². The Bertz CT molecular complexity index is 225. The van der Waals surface area contributed by atoms with Crippen LogP contribution >= 0.6 is 0 Å². The van der Waals surface area contributed by atoms with E-state index in [1.54, 1.807) is 0 Å². The Morgan fingerprint density at radius 1 is 1.27 bits per heavy atom. The van der Waals surface area contributed by atoms with Gasteiger partial charge in [-0.2, -0.15) is 0 Å². The Hall–Kier alpha value is -0.0800. The predicted octanol–water partition coefficient (Wildman–Crippen LogP) is 2.34. The minimum atomic E-state index is 0.383. The van der Waals surface area contributed by atoms with E-state index in [0.717, 1.165) is 12.1 Å². The highest BCUT2D eigenvalue weighted by molar-refractivity contribution is 4.95. The zero-order valence-electron chi connectivity index (χ0n) is 10.8. The van der Waals surface area contributed by atoms with Crippen LogP contribution in [0.25, 0.3) is 0 Å². The highest BCUT2D eigenvalue weighted by atomic mass is 15.3. The molecule has 2 nitrogen and oxygen atoms in total. The molecule has 2 fully saturated rings.